The molecule has 0 spiro atoms. The zero-order chi connectivity index (χ0) is 10.8. The van der Waals surface area contributed by atoms with Crippen LogP contribution in [0.2, 0.25) is 5.02 Å². The summed E-state index contributed by atoms with van der Waals surface area (Å²) < 4.78 is 0. The third-order valence-corrected chi connectivity index (χ3v) is 2.98. The minimum atomic E-state index is -0.856. The van der Waals surface area contributed by atoms with E-state index in [1.54, 1.807) is 13.0 Å². The molecule has 1 aromatic rings. The fourth-order valence-corrected chi connectivity index (χ4v) is 1.47. The third kappa shape index (κ3) is 2.73. The lowest BCUT2D eigenvalue weighted by atomic mass is 9.97. The van der Waals surface area contributed by atoms with Gasteiger partial charge in [-0.25, -0.2) is 0 Å². The van der Waals surface area contributed by atoms with Gasteiger partial charge >= 0.3 is 0 Å². The molecule has 0 aliphatic carbocycles. The summed E-state index contributed by atoms with van der Waals surface area (Å²) in [5.74, 6) is -0.0425. The maximum atomic E-state index is 11.2. The zero-order valence-electron chi connectivity index (χ0n) is 8.18. The SMILES string of the molecule is CC(=O)C(C)(Cl)Cc1ccccc1Cl. The molecule has 0 bridgehead atoms. The normalized spacial score (nSPS) is 14.9. The molecule has 0 heterocycles. The first-order chi connectivity index (χ1) is 6.43. The number of rotatable bonds is 3. The molecule has 1 aromatic carbocycles. The van der Waals surface area contributed by atoms with Crippen molar-refractivity contribution in [2.24, 2.45) is 0 Å². The molecule has 76 valence electrons. The number of ketones is 1. The van der Waals surface area contributed by atoms with Crippen molar-refractivity contribution in [2.45, 2.75) is 25.1 Å². The van der Waals surface area contributed by atoms with E-state index in [0.29, 0.717) is 11.4 Å². The first kappa shape index (κ1) is 11.5. The number of halogens is 2. The number of hydrogen-bond acceptors (Lipinski definition) is 1. The largest absolute Gasteiger partial charge is 0.298 e. The van der Waals surface area contributed by atoms with Gasteiger partial charge in [0, 0.05) is 5.02 Å². The zero-order valence-corrected chi connectivity index (χ0v) is 9.69. The fourth-order valence-electron chi connectivity index (χ4n) is 1.12. The summed E-state index contributed by atoms with van der Waals surface area (Å²) in [7, 11) is 0. The highest BCUT2D eigenvalue weighted by molar-refractivity contribution is 6.35. The van der Waals surface area contributed by atoms with Crippen LogP contribution in [0.25, 0.3) is 0 Å². The number of carbonyl (C=O) groups is 1. The molecule has 1 nitrogen and oxygen atoms in total. The second-order valence-electron chi connectivity index (χ2n) is 3.52. The lowest BCUT2D eigenvalue weighted by Gasteiger charge is -2.18. The average Bonchev–Trinajstić information content (AvgIpc) is 2.08. The smallest absolute Gasteiger partial charge is 0.150 e. The van der Waals surface area contributed by atoms with E-state index in [2.05, 4.69) is 0 Å². The lowest BCUT2D eigenvalue weighted by Crippen LogP contribution is -2.29. The minimum absolute atomic E-state index is 0.0425. The second kappa shape index (κ2) is 4.33. The van der Waals surface area contributed by atoms with Gasteiger partial charge < -0.3 is 0 Å². The van der Waals surface area contributed by atoms with Gasteiger partial charge in [0.25, 0.3) is 0 Å². The monoisotopic (exact) mass is 230 g/mol. The summed E-state index contributed by atoms with van der Waals surface area (Å²) in [6, 6.07) is 7.41. The van der Waals surface area contributed by atoms with Gasteiger partial charge in [0.1, 0.15) is 4.87 Å². The molecule has 1 atom stereocenters. The molecule has 0 radical (unpaired) electrons. The Hall–Kier alpha value is -0.530. The topological polar surface area (TPSA) is 17.1 Å². The van der Waals surface area contributed by atoms with E-state index in [9.17, 15) is 4.79 Å². The van der Waals surface area contributed by atoms with Crippen LogP contribution < -0.4 is 0 Å². The van der Waals surface area contributed by atoms with E-state index >= 15 is 0 Å². The van der Waals surface area contributed by atoms with E-state index < -0.39 is 4.87 Å². The predicted octanol–water partition coefficient (Wildman–Crippen LogP) is 3.47. The number of Topliss-reactive ketones (excluding diaryl/α,β-unsaturated/α-hetero) is 1. The Morgan fingerprint density at radius 2 is 2.00 bits per heavy atom. The Morgan fingerprint density at radius 1 is 1.43 bits per heavy atom. The van der Waals surface area contributed by atoms with Gasteiger partial charge in [-0.1, -0.05) is 29.8 Å². The second-order valence-corrected chi connectivity index (χ2v) is 4.76. The van der Waals surface area contributed by atoms with Gasteiger partial charge in [-0.05, 0) is 31.9 Å². The maximum Gasteiger partial charge on any atom is 0.150 e. The van der Waals surface area contributed by atoms with Gasteiger partial charge in [-0.2, -0.15) is 0 Å². The van der Waals surface area contributed by atoms with Crippen LogP contribution in [0.5, 0.6) is 0 Å². The Bertz CT molecular complexity index is 345. The van der Waals surface area contributed by atoms with Gasteiger partial charge in [-0.3, -0.25) is 4.79 Å². The molecular formula is C11H12Cl2O. The van der Waals surface area contributed by atoms with E-state index in [1.165, 1.54) is 6.92 Å². The summed E-state index contributed by atoms with van der Waals surface area (Å²) in [6.07, 6.45) is 0.462. The minimum Gasteiger partial charge on any atom is -0.298 e. The van der Waals surface area contributed by atoms with Crippen LogP contribution in [0, 0.1) is 0 Å². The Balaban J connectivity index is 2.89. The molecule has 0 aromatic heterocycles. The first-order valence-corrected chi connectivity index (χ1v) is 5.12. The molecule has 3 heteroatoms. The Morgan fingerprint density at radius 3 is 2.50 bits per heavy atom. The van der Waals surface area contributed by atoms with Crippen LogP contribution in [0.4, 0.5) is 0 Å². The highest BCUT2D eigenvalue weighted by Crippen LogP contribution is 2.25. The molecule has 1 unspecified atom stereocenters. The number of benzene rings is 1. The molecule has 14 heavy (non-hydrogen) atoms. The predicted molar refractivity (Wildman–Crippen MR) is 60.1 cm³/mol. The average molecular weight is 231 g/mol. The van der Waals surface area contributed by atoms with Crippen LogP contribution in [0.3, 0.4) is 0 Å². The van der Waals surface area contributed by atoms with Gasteiger partial charge in [-0.15, -0.1) is 11.6 Å². The van der Waals surface area contributed by atoms with E-state index in [4.69, 9.17) is 23.2 Å². The molecular weight excluding hydrogens is 219 g/mol. The Kier molecular flexibility index (Phi) is 3.57. The molecule has 0 saturated heterocycles. The van der Waals surface area contributed by atoms with Crippen molar-refractivity contribution in [3.8, 4) is 0 Å². The van der Waals surface area contributed by atoms with Crippen LogP contribution in [0.1, 0.15) is 19.4 Å². The highest BCUT2D eigenvalue weighted by atomic mass is 35.5. The summed E-state index contributed by atoms with van der Waals surface area (Å²) >= 11 is 12.0. The molecule has 0 aliphatic rings. The van der Waals surface area contributed by atoms with Crippen LogP contribution in [-0.4, -0.2) is 10.7 Å². The summed E-state index contributed by atoms with van der Waals surface area (Å²) in [5.41, 5.74) is 0.905. The van der Waals surface area contributed by atoms with Crippen LogP contribution in [0.15, 0.2) is 24.3 Å². The summed E-state index contributed by atoms with van der Waals surface area (Å²) in [5, 5.41) is 0.653. The number of alkyl halides is 1. The van der Waals surface area contributed by atoms with Gasteiger partial charge in [0.15, 0.2) is 5.78 Å². The van der Waals surface area contributed by atoms with Crippen molar-refractivity contribution in [3.05, 3.63) is 34.9 Å². The van der Waals surface area contributed by atoms with Crippen molar-refractivity contribution < 1.29 is 4.79 Å². The fraction of sp³-hybridized carbons (Fsp3) is 0.364. The van der Waals surface area contributed by atoms with Crippen LogP contribution in [-0.2, 0) is 11.2 Å². The van der Waals surface area contributed by atoms with Gasteiger partial charge in [0.05, 0.1) is 0 Å². The van der Waals surface area contributed by atoms with E-state index in [0.717, 1.165) is 5.56 Å². The highest BCUT2D eigenvalue weighted by Gasteiger charge is 2.27. The van der Waals surface area contributed by atoms with Crippen molar-refractivity contribution in [3.63, 3.8) is 0 Å². The van der Waals surface area contributed by atoms with Crippen molar-refractivity contribution in [1.82, 2.24) is 0 Å². The molecule has 0 aliphatic heterocycles. The Labute approximate surface area is 94.0 Å². The van der Waals surface area contributed by atoms with Crippen molar-refractivity contribution >= 4 is 29.0 Å². The quantitative estimate of drug-likeness (QED) is 0.728. The summed E-state index contributed by atoms with van der Waals surface area (Å²) in [4.78, 5) is 10.3. The number of carbonyl (C=O) groups excluding carboxylic acids is 1. The van der Waals surface area contributed by atoms with Crippen LogP contribution >= 0.6 is 23.2 Å². The lowest BCUT2D eigenvalue weighted by molar-refractivity contribution is -0.119. The summed E-state index contributed by atoms with van der Waals surface area (Å²) in [6.45, 7) is 3.20. The number of hydrogen-bond donors (Lipinski definition) is 0. The van der Waals surface area contributed by atoms with E-state index in [1.807, 2.05) is 18.2 Å². The van der Waals surface area contributed by atoms with Crippen molar-refractivity contribution in [2.75, 3.05) is 0 Å². The van der Waals surface area contributed by atoms with Crippen molar-refractivity contribution in [1.29, 1.82) is 0 Å². The van der Waals surface area contributed by atoms with E-state index in [-0.39, 0.29) is 5.78 Å². The molecule has 0 fully saturated rings. The standard InChI is InChI=1S/C11H12Cl2O/c1-8(14)11(2,13)7-9-5-3-4-6-10(9)12/h3-6H,7H2,1-2H3. The third-order valence-electron chi connectivity index (χ3n) is 2.21. The maximum absolute atomic E-state index is 11.2. The molecule has 1 rings (SSSR count). The molecule has 0 saturated carbocycles. The molecule has 0 N–H and O–H groups in total. The molecule has 0 amide bonds. The first-order valence-electron chi connectivity index (χ1n) is 4.37. The van der Waals surface area contributed by atoms with Gasteiger partial charge in [0.2, 0.25) is 0 Å².